The quantitative estimate of drug-likeness (QED) is 0.515. The number of hydrogen-bond donors (Lipinski definition) is 0. The van der Waals surface area contributed by atoms with Crippen LogP contribution in [0.25, 0.3) is 0 Å². The molecule has 0 aliphatic carbocycles. The third-order valence-corrected chi connectivity index (χ3v) is 1.97. The first-order valence-corrected chi connectivity index (χ1v) is 5.01. The fraction of sp³-hybridized carbons (Fsp3) is 0.667. The maximum atomic E-state index is 3.73. The lowest BCUT2D eigenvalue weighted by Gasteiger charge is -2.07. The van der Waals surface area contributed by atoms with Gasteiger partial charge in [0, 0.05) is 0 Å². The van der Waals surface area contributed by atoms with Crippen molar-refractivity contribution in [2.75, 3.05) is 0 Å². The van der Waals surface area contributed by atoms with Crippen molar-refractivity contribution in [3.63, 3.8) is 0 Å². The van der Waals surface area contributed by atoms with Gasteiger partial charge in [0.05, 0.1) is 0 Å². The summed E-state index contributed by atoms with van der Waals surface area (Å²) in [5, 5.41) is 0. The number of hydrogen-bond acceptors (Lipinski definition) is 0. The summed E-state index contributed by atoms with van der Waals surface area (Å²) in [5.41, 5.74) is 1.56. The standard InChI is InChI=1S/C12H22/c1-5-7-12(8-6-2)10-9-11(3)4/h5,7,11H,1,6,8-10H2,2-4H3. The van der Waals surface area contributed by atoms with E-state index in [0.717, 1.165) is 5.92 Å². The molecular formula is C12H22. The fourth-order valence-electron chi connectivity index (χ4n) is 1.25. The molecule has 0 aromatic rings. The normalized spacial score (nSPS) is 12.2. The van der Waals surface area contributed by atoms with Crippen LogP contribution in [-0.2, 0) is 0 Å². The lowest BCUT2D eigenvalue weighted by atomic mass is 9.99. The number of allylic oxidation sites excluding steroid dienone is 3. The molecule has 0 heterocycles. The van der Waals surface area contributed by atoms with Crippen molar-refractivity contribution in [2.24, 2.45) is 5.92 Å². The molecule has 0 aliphatic heterocycles. The minimum atomic E-state index is 0.815. The van der Waals surface area contributed by atoms with Gasteiger partial charge in [0.25, 0.3) is 0 Å². The SMILES string of the molecule is C=CC=C(CCC)CCC(C)C. The minimum absolute atomic E-state index is 0.815. The van der Waals surface area contributed by atoms with Crippen LogP contribution >= 0.6 is 0 Å². The molecule has 0 aromatic carbocycles. The molecule has 0 aromatic heterocycles. The Morgan fingerprint density at radius 3 is 2.42 bits per heavy atom. The van der Waals surface area contributed by atoms with Gasteiger partial charge in [-0.15, -0.1) is 0 Å². The van der Waals surface area contributed by atoms with Gasteiger partial charge in [0.2, 0.25) is 0 Å². The lowest BCUT2D eigenvalue weighted by Crippen LogP contribution is -1.90. The molecule has 0 heteroatoms. The Morgan fingerprint density at radius 2 is 2.00 bits per heavy atom. The highest BCUT2D eigenvalue weighted by Crippen LogP contribution is 2.15. The second kappa shape index (κ2) is 7.15. The predicted molar refractivity (Wildman–Crippen MR) is 57.3 cm³/mol. The Balaban J connectivity index is 3.79. The summed E-state index contributed by atoms with van der Waals surface area (Å²) in [4.78, 5) is 0. The van der Waals surface area contributed by atoms with Crippen LogP contribution in [0.4, 0.5) is 0 Å². The molecule has 0 N–H and O–H groups in total. The molecule has 0 nitrogen and oxygen atoms in total. The average molecular weight is 166 g/mol. The van der Waals surface area contributed by atoms with E-state index in [4.69, 9.17) is 0 Å². The van der Waals surface area contributed by atoms with E-state index < -0.39 is 0 Å². The molecule has 0 atom stereocenters. The molecule has 0 radical (unpaired) electrons. The highest BCUT2D eigenvalue weighted by molar-refractivity contribution is 5.10. The summed E-state index contributed by atoms with van der Waals surface area (Å²) in [7, 11) is 0. The Labute approximate surface area is 77.4 Å². The van der Waals surface area contributed by atoms with E-state index in [2.05, 4.69) is 33.4 Å². The van der Waals surface area contributed by atoms with Gasteiger partial charge in [-0.25, -0.2) is 0 Å². The van der Waals surface area contributed by atoms with Gasteiger partial charge < -0.3 is 0 Å². The summed E-state index contributed by atoms with van der Waals surface area (Å²) >= 11 is 0. The van der Waals surface area contributed by atoms with Gasteiger partial charge in [-0.3, -0.25) is 0 Å². The summed E-state index contributed by atoms with van der Waals surface area (Å²) in [6.07, 6.45) is 9.12. The van der Waals surface area contributed by atoms with Gasteiger partial charge in [-0.05, 0) is 25.2 Å². The molecule has 0 saturated carbocycles. The summed E-state index contributed by atoms with van der Waals surface area (Å²) < 4.78 is 0. The van der Waals surface area contributed by atoms with Crippen molar-refractivity contribution >= 4 is 0 Å². The monoisotopic (exact) mass is 166 g/mol. The zero-order chi connectivity index (χ0) is 9.40. The smallest absolute Gasteiger partial charge is 0.0315 e. The van der Waals surface area contributed by atoms with Crippen molar-refractivity contribution in [1.29, 1.82) is 0 Å². The maximum Gasteiger partial charge on any atom is -0.0315 e. The third kappa shape index (κ3) is 6.21. The molecule has 0 fully saturated rings. The van der Waals surface area contributed by atoms with Crippen molar-refractivity contribution < 1.29 is 0 Å². The molecule has 0 amide bonds. The van der Waals surface area contributed by atoms with Gasteiger partial charge in [-0.1, -0.05) is 51.5 Å². The zero-order valence-corrected chi connectivity index (χ0v) is 8.77. The van der Waals surface area contributed by atoms with E-state index in [1.54, 1.807) is 5.57 Å². The molecule has 0 rings (SSSR count). The topological polar surface area (TPSA) is 0 Å². The van der Waals surface area contributed by atoms with Crippen LogP contribution in [0.1, 0.15) is 46.5 Å². The van der Waals surface area contributed by atoms with E-state index in [1.165, 1.54) is 25.7 Å². The Hall–Kier alpha value is -0.520. The van der Waals surface area contributed by atoms with Crippen molar-refractivity contribution in [3.8, 4) is 0 Å². The van der Waals surface area contributed by atoms with Crippen molar-refractivity contribution in [2.45, 2.75) is 46.5 Å². The van der Waals surface area contributed by atoms with Crippen LogP contribution in [0, 0.1) is 5.92 Å². The molecule has 0 saturated heterocycles. The van der Waals surface area contributed by atoms with E-state index in [0.29, 0.717) is 0 Å². The lowest BCUT2D eigenvalue weighted by molar-refractivity contribution is 0.576. The fourth-order valence-corrected chi connectivity index (χ4v) is 1.25. The second-order valence-corrected chi connectivity index (χ2v) is 3.74. The Kier molecular flexibility index (Phi) is 6.84. The predicted octanol–water partition coefficient (Wildman–Crippen LogP) is 4.34. The molecule has 70 valence electrons. The van der Waals surface area contributed by atoms with E-state index in [9.17, 15) is 0 Å². The van der Waals surface area contributed by atoms with Crippen LogP contribution in [-0.4, -0.2) is 0 Å². The van der Waals surface area contributed by atoms with Gasteiger partial charge in [0.15, 0.2) is 0 Å². The Bertz CT molecular complexity index is 140. The maximum absolute atomic E-state index is 3.73. The molecule has 0 bridgehead atoms. The average Bonchev–Trinajstić information content (AvgIpc) is 2.01. The van der Waals surface area contributed by atoms with E-state index >= 15 is 0 Å². The van der Waals surface area contributed by atoms with Crippen LogP contribution < -0.4 is 0 Å². The highest BCUT2D eigenvalue weighted by atomic mass is 14.0. The first-order chi connectivity index (χ1) is 5.70. The van der Waals surface area contributed by atoms with E-state index in [-0.39, 0.29) is 0 Å². The Morgan fingerprint density at radius 1 is 1.33 bits per heavy atom. The summed E-state index contributed by atoms with van der Waals surface area (Å²) in [6, 6.07) is 0. The van der Waals surface area contributed by atoms with Gasteiger partial charge >= 0.3 is 0 Å². The van der Waals surface area contributed by atoms with Gasteiger partial charge in [0.1, 0.15) is 0 Å². The van der Waals surface area contributed by atoms with Crippen LogP contribution in [0.3, 0.4) is 0 Å². The van der Waals surface area contributed by atoms with Crippen LogP contribution in [0.2, 0.25) is 0 Å². The largest absolute Gasteiger partial charge is 0.0991 e. The first-order valence-electron chi connectivity index (χ1n) is 5.01. The second-order valence-electron chi connectivity index (χ2n) is 3.74. The molecular weight excluding hydrogens is 144 g/mol. The van der Waals surface area contributed by atoms with Crippen molar-refractivity contribution in [3.05, 3.63) is 24.3 Å². The molecule has 0 spiro atoms. The summed E-state index contributed by atoms with van der Waals surface area (Å²) in [6.45, 7) is 10.5. The van der Waals surface area contributed by atoms with E-state index in [1.807, 2.05) is 6.08 Å². The van der Waals surface area contributed by atoms with Gasteiger partial charge in [-0.2, -0.15) is 0 Å². The summed E-state index contributed by atoms with van der Waals surface area (Å²) in [5.74, 6) is 0.815. The van der Waals surface area contributed by atoms with Crippen LogP contribution in [0.5, 0.6) is 0 Å². The molecule has 0 aliphatic rings. The van der Waals surface area contributed by atoms with Crippen LogP contribution in [0.15, 0.2) is 24.3 Å². The zero-order valence-electron chi connectivity index (χ0n) is 8.77. The number of rotatable bonds is 6. The molecule has 12 heavy (non-hydrogen) atoms. The third-order valence-electron chi connectivity index (χ3n) is 1.97. The molecule has 0 unspecified atom stereocenters. The first kappa shape index (κ1) is 11.5. The minimum Gasteiger partial charge on any atom is -0.0991 e. The highest BCUT2D eigenvalue weighted by Gasteiger charge is 1.98. The van der Waals surface area contributed by atoms with Crippen molar-refractivity contribution in [1.82, 2.24) is 0 Å².